The van der Waals surface area contributed by atoms with E-state index in [1.807, 2.05) is 48.5 Å². The van der Waals surface area contributed by atoms with Crippen molar-refractivity contribution < 1.29 is 42.2 Å². The van der Waals surface area contributed by atoms with Gasteiger partial charge in [0.15, 0.2) is 0 Å². The summed E-state index contributed by atoms with van der Waals surface area (Å²) in [7, 11) is -1.71. The minimum absolute atomic E-state index is 0. The number of ether oxygens (including phenoxy) is 2. The third-order valence-corrected chi connectivity index (χ3v) is 11.5. The van der Waals surface area contributed by atoms with Crippen LogP contribution >= 0.6 is 0 Å². The van der Waals surface area contributed by atoms with Gasteiger partial charge in [0.2, 0.25) is 0 Å². The monoisotopic (exact) mass is 630 g/mol. The van der Waals surface area contributed by atoms with Crippen LogP contribution in [0.3, 0.4) is 0 Å². The summed E-state index contributed by atoms with van der Waals surface area (Å²) in [6.45, 7) is 28.9. The predicted octanol–water partition coefficient (Wildman–Crippen LogP) is 10.8. The standard InChI is InChI=1S/C20H26N2O.C7H19Si2.C4H8O.Y/c1-19(2,3)21-15-11-7-9-13-17(15)23-18-14-10-8-12-16(18)22-20(4,5)6;1-8(2,3)7-9(4,5)6;1-2-4-5-3-1;/h7-14H,1-6H3;7H,1-6H3;1-4H2;/q-2;-1;;+3. The van der Waals surface area contributed by atoms with E-state index in [2.05, 4.69) is 86.5 Å². The minimum atomic E-state index is -0.856. The molecular weight excluding hydrogens is 577 g/mol. The molecule has 3 rings (SSSR count). The molecule has 210 valence electrons. The average Bonchev–Trinajstić information content (AvgIpc) is 3.26. The van der Waals surface area contributed by atoms with Crippen molar-refractivity contribution >= 4 is 27.5 Å². The quantitative estimate of drug-likeness (QED) is 0.235. The van der Waals surface area contributed by atoms with Crippen molar-refractivity contribution in [3.05, 3.63) is 64.8 Å². The summed E-state index contributed by atoms with van der Waals surface area (Å²) < 4.78 is 11.1. The first-order chi connectivity index (χ1) is 16.8. The number of para-hydroxylation sites is 4. The van der Waals surface area contributed by atoms with E-state index in [4.69, 9.17) is 20.1 Å². The molecule has 1 aliphatic heterocycles. The summed E-state index contributed by atoms with van der Waals surface area (Å²) in [5.41, 5.74) is 4.04. The zero-order valence-electron chi connectivity index (χ0n) is 26.3. The van der Waals surface area contributed by atoms with Crippen LogP contribution in [0.25, 0.3) is 10.6 Å². The van der Waals surface area contributed by atoms with E-state index in [-0.39, 0.29) is 43.8 Å². The van der Waals surface area contributed by atoms with Gasteiger partial charge in [0, 0.05) is 13.2 Å². The maximum absolute atomic E-state index is 6.14. The third kappa shape index (κ3) is 19.4. The average molecular weight is 631 g/mol. The summed E-state index contributed by atoms with van der Waals surface area (Å²) in [5, 5.41) is 9.47. The van der Waals surface area contributed by atoms with Crippen LogP contribution in [0.4, 0.5) is 11.4 Å². The first-order valence-corrected chi connectivity index (χ1v) is 20.8. The van der Waals surface area contributed by atoms with Crippen molar-refractivity contribution in [2.24, 2.45) is 0 Å². The molecular formula is C31H53N2O2Si2Y. The van der Waals surface area contributed by atoms with Crippen molar-refractivity contribution in [3.63, 3.8) is 0 Å². The molecule has 1 saturated heterocycles. The summed E-state index contributed by atoms with van der Waals surface area (Å²) in [5.74, 6) is 1.50. The zero-order valence-corrected chi connectivity index (χ0v) is 31.2. The second-order valence-electron chi connectivity index (χ2n) is 13.8. The molecule has 1 fully saturated rings. The fourth-order valence-electron chi connectivity index (χ4n) is 3.92. The van der Waals surface area contributed by atoms with Crippen molar-refractivity contribution in [1.29, 1.82) is 0 Å². The Morgan fingerprint density at radius 2 is 1.00 bits per heavy atom. The molecule has 0 bridgehead atoms. The Kier molecular flexibility index (Phi) is 16.3. The molecule has 0 spiro atoms. The first-order valence-electron chi connectivity index (χ1n) is 13.6. The Morgan fingerprint density at radius 1 is 0.658 bits per heavy atom. The van der Waals surface area contributed by atoms with Gasteiger partial charge in [-0.15, -0.1) is 27.2 Å². The van der Waals surface area contributed by atoms with Gasteiger partial charge in [-0.05, 0) is 25.0 Å². The van der Waals surface area contributed by atoms with E-state index < -0.39 is 16.1 Å². The molecule has 2 aromatic rings. The molecule has 2 aromatic carbocycles. The van der Waals surface area contributed by atoms with E-state index in [1.165, 1.54) is 12.8 Å². The molecule has 1 heterocycles. The van der Waals surface area contributed by atoms with Gasteiger partial charge in [0.05, 0.1) is 0 Å². The van der Waals surface area contributed by atoms with E-state index in [0.717, 1.165) is 36.1 Å². The first kappa shape index (κ1) is 37.3. The molecule has 0 aliphatic carbocycles. The molecule has 4 nitrogen and oxygen atoms in total. The summed E-state index contributed by atoms with van der Waals surface area (Å²) in [4.78, 5) is 0. The van der Waals surface area contributed by atoms with Crippen LogP contribution in [-0.2, 0) is 37.4 Å². The third-order valence-electron chi connectivity index (χ3n) is 4.56. The molecule has 0 amide bonds. The Hall–Kier alpha value is -0.662. The van der Waals surface area contributed by atoms with Gasteiger partial charge < -0.3 is 25.8 Å². The van der Waals surface area contributed by atoms with Crippen LogP contribution in [0.1, 0.15) is 54.4 Å². The van der Waals surface area contributed by atoms with E-state index in [9.17, 15) is 0 Å². The smallest absolute Gasteiger partial charge is 0.677 e. The maximum Gasteiger partial charge on any atom is 3.00 e. The Balaban J connectivity index is 0.000000750. The largest absolute Gasteiger partial charge is 3.00 e. The van der Waals surface area contributed by atoms with Gasteiger partial charge in [-0.2, -0.15) is 0 Å². The molecule has 0 saturated carbocycles. The Morgan fingerprint density at radius 3 is 1.24 bits per heavy atom. The molecule has 0 atom stereocenters. The van der Waals surface area contributed by atoms with E-state index in [1.54, 1.807) is 0 Å². The SMILES string of the molecule is C1CCOC1.CC(C)(C)[N-]c1ccccc1Oc1ccccc1[N-]C(C)(C)C.C[Si](C)(C)[CH-][Si](C)(C)C.[Y+3]. The van der Waals surface area contributed by atoms with Crippen molar-refractivity contribution in [3.8, 4) is 11.5 Å². The van der Waals surface area contributed by atoms with Crippen molar-refractivity contribution in [1.82, 2.24) is 0 Å². The van der Waals surface area contributed by atoms with Crippen molar-refractivity contribution in [2.75, 3.05) is 13.2 Å². The fraction of sp³-hybridized carbons (Fsp3) is 0.581. The van der Waals surface area contributed by atoms with Gasteiger partial charge in [0.1, 0.15) is 11.5 Å². The summed E-state index contributed by atoms with van der Waals surface area (Å²) >= 11 is 0. The normalized spacial score (nSPS) is 13.7. The second-order valence-corrected chi connectivity index (χ2v) is 24.4. The Bertz CT molecular complexity index is 846. The van der Waals surface area contributed by atoms with Gasteiger partial charge in [-0.1, -0.05) is 129 Å². The molecule has 0 aromatic heterocycles. The fourth-order valence-corrected chi connectivity index (χ4v) is 14.3. The number of benzene rings is 2. The van der Waals surface area contributed by atoms with Gasteiger partial charge in [-0.25, -0.2) is 0 Å². The molecule has 0 unspecified atom stereocenters. The van der Waals surface area contributed by atoms with E-state index >= 15 is 0 Å². The number of nitrogens with zero attached hydrogens (tertiary/aromatic N) is 2. The van der Waals surface area contributed by atoms with Crippen LogP contribution < -0.4 is 4.74 Å². The van der Waals surface area contributed by atoms with Crippen LogP contribution in [0.5, 0.6) is 11.5 Å². The Labute approximate surface area is 262 Å². The van der Waals surface area contributed by atoms with Crippen LogP contribution in [-0.4, -0.2) is 40.4 Å². The molecule has 0 radical (unpaired) electrons. The predicted molar refractivity (Wildman–Crippen MR) is 170 cm³/mol. The van der Waals surface area contributed by atoms with Crippen LogP contribution in [0.15, 0.2) is 48.5 Å². The zero-order chi connectivity index (χ0) is 28.3. The molecule has 1 aliphatic rings. The van der Waals surface area contributed by atoms with E-state index in [0.29, 0.717) is 0 Å². The summed E-state index contributed by atoms with van der Waals surface area (Å²) in [6.07, 6.45) is 2.56. The summed E-state index contributed by atoms with van der Waals surface area (Å²) in [6, 6.07) is 15.7. The second kappa shape index (κ2) is 16.6. The topological polar surface area (TPSA) is 46.7 Å². The molecule has 7 heteroatoms. The van der Waals surface area contributed by atoms with Crippen LogP contribution in [0.2, 0.25) is 39.3 Å². The van der Waals surface area contributed by atoms with Gasteiger partial charge in [0.25, 0.3) is 0 Å². The minimum Gasteiger partial charge on any atom is -0.677 e. The number of hydrogen-bond acceptors (Lipinski definition) is 2. The number of rotatable bonds is 6. The van der Waals surface area contributed by atoms with Gasteiger partial charge in [-0.3, -0.25) is 0 Å². The van der Waals surface area contributed by atoms with Gasteiger partial charge >= 0.3 is 32.7 Å². The number of hydrogen-bond donors (Lipinski definition) is 0. The van der Waals surface area contributed by atoms with Crippen molar-refractivity contribution in [2.45, 2.75) is 105 Å². The van der Waals surface area contributed by atoms with Crippen LogP contribution in [0, 0.1) is 5.67 Å². The molecule has 0 N–H and O–H groups in total. The maximum atomic E-state index is 6.14. The molecule has 38 heavy (non-hydrogen) atoms.